The monoisotopic (exact) mass is 456 g/mol. The van der Waals surface area contributed by atoms with Crippen LogP contribution in [0.25, 0.3) is 0 Å². The molecule has 4 heteroatoms. The first-order valence-corrected chi connectivity index (χ1v) is 13.5. The van der Waals surface area contributed by atoms with E-state index in [9.17, 15) is 4.79 Å². The van der Waals surface area contributed by atoms with Crippen LogP contribution in [0.15, 0.2) is 115 Å². The zero-order valence-electron chi connectivity index (χ0n) is 18.8. The van der Waals surface area contributed by atoms with Crippen LogP contribution in [0.2, 0.25) is 0 Å². The van der Waals surface area contributed by atoms with Crippen molar-refractivity contribution in [3.8, 4) is 5.75 Å². The van der Waals surface area contributed by atoms with Gasteiger partial charge in [0.2, 0.25) is 0 Å². The van der Waals surface area contributed by atoms with E-state index in [0.29, 0.717) is 12.4 Å². The van der Waals surface area contributed by atoms with Gasteiger partial charge in [-0.25, -0.2) is 0 Å². The van der Waals surface area contributed by atoms with Gasteiger partial charge in [0.15, 0.2) is 0 Å². The molecule has 0 saturated carbocycles. The second-order valence-electron chi connectivity index (χ2n) is 7.92. The van der Waals surface area contributed by atoms with Gasteiger partial charge in [-0.05, 0) is 0 Å². The molecule has 0 atom stereocenters. The van der Waals surface area contributed by atoms with Crippen LogP contribution >= 0.6 is 7.26 Å². The summed E-state index contributed by atoms with van der Waals surface area (Å²) in [5, 5.41) is 4.14. The summed E-state index contributed by atoms with van der Waals surface area (Å²) in [6.07, 6.45) is 0.920. The van der Waals surface area contributed by atoms with Crippen LogP contribution in [0.4, 0.5) is 0 Å². The van der Waals surface area contributed by atoms with Crippen LogP contribution in [0.5, 0.6) is 5.75 Å². The Balaban J connectivity index is 1.73. The molecule has 4 aromatic rings. The average molecular weight is 457 g/mol. The summed E-state index contributed by atoms with van der Waals surface area (Å²) in [7, 11) is -2.34. The minimum atomic E-state index is -2.34. The quantitative estimate of drug-likeness (QED) is 0.267. The molecule has 168 valence electrons. The van der Waals surface area contributed by atoms with Crippen molar-refractivity contribution in [2.24, 2.45) is 0 Å². The molecule has 4 aromatic carbocycles. The fourth-order valence-electron chi connectivity index (χ4n) is 4.33. The van der Waals surface area contributed by atoms with Crippen LogP contribution in [0.1, 0.15) is 12.5 Å². The molecule has 33 heavy (non-hydrogen) atoms. The van der Waals surface area contributed by atoms with Crippen molar-refractivity contribution in [1.29, 1.82) is 0 Å². The molecule has 0 fully saturated rings. The number of rotatable bonds is 9. The summed E-state index contributed by atoms with van der Waals surface area (Å²) in [6.45, 7) is 2.06. The predicted molar refractivity (Wildman–Crippen MR) is 139 cm³/mol. The van der Waals surface area contributed by atoms with E-state index in [2.05, 4.69) is 103 Å². The second kappa shape index (κ2) is 10.9. The molecule has 0 bridgehead atoms. The van der Waals surface area contributed by atoms with Crippen molar-refractivity contribution in [2.75, 3.05) is 13.2 Å². The fraction of sp³-hybridized carbons (Fsp3) is 0.138. The van der Waals surface area contributed by atoms with E-state index in [0.717, 1.165) is 6.16 Å². The summed E-state index contributed by atoms with van der Waals surface area (Å²) in [5.41, 5.74) is 1.24. The number of benzene rings is 4. The maximum atomic E-state index is 11.6. The molecule has 0 spiro atoms. The Kier molecular flexibility index (Phi) is 7.55. The Morgan fingerprint density at radius 2 is 1.12 bits per heavy atom. The molecule has 0 aliphatic rings. The van der Waals surface area contributed by atoms with Gasteiger partial charge in [0, 0.05) is 0 Å². The number of hydrogen-bond acceptors (Lipinski definition) is 3. The van der Waals surface area contributed by atoms with Crippen molar-refractivity contribution in [3.05, 3.63) is 121 Å². The van der Waals surface area contributed by atoms with E-state index in [1.54, 1.807) is 6.92 Å². The first-order chi connectivity index (χ1) is 16.2. The van der Waals surface area contributed by atoms with Gasteiger partial charge in [-0.2, -0.15) is 0 Å². The van der Waals surface area contributed by atoms with Crippen LogP contribution in [-0.4, -0.2) is 19.2 Å². The maximum absolute atomic E-state index is 11.6. The van der Waals surface area contributed by atoms with E-state index in [-0.39, 0.29) is 12.6 Å². The van der Waals surface area contributed by atoms with Gasteiger partial charge in [-0.1, -0.05) is 0 Å². The van der Waals surface area contributed by atoms with Crippen molar-refractivity contribution >= 4 is 29.1 Å². The summed E-state index contributed by atoms with van der Waals surface area (Å²) in [6, 6.07) is 40.7. The van der Waals surface area contributed by atoms with Gasteiger partial charge in [0.05, 0.1) is 0 Å². The predicted octanol–water partition coefficient (Wildman–Crippen LogP) is 4.85. The molecule has 0 radical (unpaired) electrons. The van der Waals surface area contributed by atoms with E-state index >= 15 is 0 Å². The van der Waals surface area contributed by atoms with Gasteiger partial charge < -0.3 is 0 Å². The van der Waals surface area contributed by atoms with Crippen LogP contribution in [0, 0.1) is 0 Å². The Bertz CT molecular complexity index is 1050. The number of esters is 1. The van der Waals surface area contributed by atoms with Crippen LogP contribution in [0.3, 0.4) is 0 Å². The van der Waals surface area contributed by atoms with Gasteiger partial charge >= 0.3 is 196 Å². The third-order valence-electron chi connectivity index (χ3n) is 5.85. The number of hydrogen-bond donors (Lipinski definition) is 0. The number of ether oxygens (including phenoxy) is 2. The van der Waals surface area contributed by atoms with Gasteiger partial charge in [0.25, 0.3) is 0 Å². The molecule has 0 amide bonds. The summed E-state index contributed by atoms with van der Waals surface area (Å²) < 4.78 is 10.5. The molecule has 0 aliphatic carbocycles. The van der Waals surface area contributed by atoms with Crippen molar-refractivity contribution in [1.82, 2.24) is 0 Å². The third kappa shape index (κ3) is 5.32. The van der Waals surface area contributed by atoms with Crippen molar-refractivity contribution in [3.63, 3.8) is 0 Å². The van der Waals surface area contributed by atoms with E-state index in [1.807, 2.05) is 12.1 Å². The summed E-state index contributed by atoms with van der Waals surface area (Å²) in [5.74, 6) is 0.309. The van der Waals surface area contributed by atoms with Gasteiger partial charge in [-0.15, -0.1) is 0 Å². The topological polar surface area (TPSA) is 35.5 Å². The zero-order chi connectivity index (χ0) is 22.9. The summed E-state index contributed by atoms with van der Waals surface area (Å²) in [4.78, 5) is 11.6. The summed E-state index contributed by atoms with van der Waals surface area (Å²) >= 11 is 0. The zero-order valence-corrected chi connectivity index (χ0v) is 19.8. The second-order valence-corrected chi connectivity index (χ2v) is 11.8. The van der Waals surface area contributed by atoms with Crippen molar-refractivity contribution < 1.29 is 14.3 Å². The normalized spacial score (nSPS) is 11.5. The number of carbonyl (C=O) groups excluding carboxylic acids is 1. The molecule has 0 unspecified atom stereocenters. The molecule has 4 rings (SSSR count). The molecule has 3 nitrogen and oxygen atoms in total. The molecular weight excluding hydrogens is 427 g/mol. The van der Waals surface area contributed by atoms with Gasteiger partial charge in [-0.3, -0.25) is 0 Å². The number of carbonyl (C=O) groups is 1. The van der Waals surface area contributed by atoms with E-state index in [1.165, 1.54) is 21.5 Å². The van der Waals surface area contributed by atoms with Crippen LogP contribution < -0.4 is 20.7 Å². The Morgan fingerprint density at radius 3 is 1.55 bits per heavy atom. The molecular formula is C29H29O3P. The van der Waals surface area contributed by atoms with Gasteiger partial charge in [0.1, 0.15) is 0 Å². The van der Waals surface area contributed by atoms with Crippen LogP contribution in [-0.2, 0) is 15.7 Å². The van der Waals surface area contributed by atoms with Crippen molar-refractivity contribution in [2.45, 2.75) is 13.1 Å². The first-order valence-electron chi connectivity index (χ1n) is 11.3. The Morgan fingerprint density at radius 1 is 0.667 bits per heavy atom. The molecule has 0 heterocycles. The SMILES string of the molecule is CCOC(=O)COc1ccc(C[PH](c2ccccc2)(c2ccccc2)c2ccccc2)cc1. The first kappa shape index (κ1) is 22.8. The minimum absolute atomic E-state index is 0.0794. The van der Waals surface area contributed by atoms with E-state index in [4.69, 9.17) is 9.47 Å². The fourth-order valence-corrected chi connectivity index (χ4v) is 9.07. The third-order valence-corrected chi connectivity index (χ3v) is 10.7. The standard InChI is InChI=1S/C29H29O3P/c1-2-31-29(30)22-32-25-20-18-24(19-21-25)23-33(26-12-6-3-7-13-26,27-14-8-4-9-15-27)28-16-10-5-11-17-28/h3-21,33H,2,22-23H2,1H3. The molecule has 0 aliphatic heterocycles. The van der Waals surface area contributed by atoms with E-state index < -0.39 is 7.26 Å². The average Bonchev–Trinajstić information content (AvgIpc) is 2.88. The molecule has 0 N–H and O–H groups in total. The Labute approximate surface area is 196 Å². The Hall–Kier alpha value is -3.42. The molecule has 0 aromatic heterocycles. The molecule has 0 saturated heterocycles.